The van der Waals surface area contributed by atoms with Crippen LogP contribution >= 0.6 is 11.6 Å². The van der Waals surface area contributed by atoms with Gasteiger partial charge >= 0.3 is 18.4 Å². The minimum absolute atomic E-state index is 0.00549. The predicted molar refractivity (Wildman–Crippen MR) is 192 cm³/mol. The quantitative estimate of drug-likeness (QED) is 0.195. The molecule has 4 aromatic rings. The highest BCUT2D eigenvalue weighted by Crippen LogP contribution is 2.41. The van der Waals surface area contributed by atoms with Crippen molar-refractivity contribution in [2.24, 2.45) is 0 Å². The molecule has 2 saturated heterocycles. The SMILES string of the molecule is CC(C)(C)OC(=O)N1CCOC[C@H]1c1ccc(-n2c(Cl)cc3c(=O)n(CC4(O)CCN(C(=O)C[C@H](c5ccccc5)C(F)(F)F)CC4)cnc32)cc1C(F)(F)F. The van der Waals surface area contributed by atoms with E-state index in [4.69, 9.17) is 21.1 Å². The first-order valence-electron chi connectivity index (χ1n) is 17.8. The normalized spacial score (nSPS) is 18.6. The molecule has 2 amide bonds. The molecular weight excluding hydrogens is 772 g/mol. The van der Waals surface area contributed by atoms with Crippen LogP contribution in [-0.4, -0.2) is 91.3 Å². The van der Waals surface area contributed by atoms with Crippen molar-refractivity contribution in [3.63, 3.8) is 0 Å². The van der Waals surface area contributed by atoms with Gasteiger partial charge in [0.1, 0.15) is 17.1 Å². The summed E-state index contributed by atoms with van der Waals surface area (Å²) in [5.74, 6) is -2.71. The lowest BCUT2D eigenvalue weighted by Gasteiger charge is -2.39. The Morgan fingerprint density at radius 2 is 1.70 bits per heavy atom. The molecule has 0 radical (unpaired) electrons. The number of carbonyl (C=O) groups is 2. The highest BCUT2D eigenvalue weighted by atomic mass is 35.5. The van der Waals surface area contributed by atoms with Crippen LogP contribution in [-0.2, 0) is 27.0 Å². The van der Waals surface area contributed by atoms with Crippen LogP contribution in [0.1, 0.15) is 68.7 Å². The topological polar surface area (TPSA) is 119 Å². The van der Waals surface area contributed by atoms with Crippen LogP contribution < -0.4 is 5.56 Å². The van der Waals surface area contributed by atoms with Crippen LogP contribution in [0, 0.1) is 0 Å². The van der Waals surface area contributed by atoms with Gasteiger partial charge in [0.25, 0.3) is 5.56 Å². The molecular formula is C38H40ClF6N5O6. The Balaban J connectivity index is 1.22. The average molecular weight is 812 g/mol. The van der Waals surface area contributed by atoms with Gasteiger partial charge in [-0.2, -0.15) is 26.3 Å². The molecule has 2 aromatic carbocycles. The Morgan fingerprint density at radius 1 is 1.02 bits per heavy atom. The number of fused-ring (bicyclic) bond motifs is 1. The van der Waals surface area contributed by atoms with E-state index in [2.05, 4.69) is 4.98 Å². The standard InChI is InChI=1S/C38H40ClF6N5O6/c1-35(2,3)56-34(53)49-15-16-55-20-29(49)25-10-9-24(17-28(25)38(43,44)45)50-30(39)18-26-32(50)46-22-48(33(26)52)21-36(54)11-13-47(14-12-36)31(51)19-27(37(40,41)42)23-7-5-4-6-8-23/h4-10,17-18,22,27,29,54H,11-16,19-21H2,1-3H3/t27-,29+/m1/s1. The van der Waals surface area contributed by atoms with Gasteiger partial charge in [-0.25, -0.2) is 9.78 Å². The first kappa shape index (κ1) is 41.0. The maximum absolute atomic E-state index is 14.7. The molecule has 2 fully saturated rings. The summed E-state index contributed by atoms with van der Waals surface area (Å²) in [7, 11) is 0. The Bertz CT molecular complexity index is 2140. The van der Waals surface area contributed by atoms with E-state index < -0.39 is 65.1 Å². The molecule has 2 atom stereocenters. The first-order valence-corrected chi connectivity index (χ1v) is 18.2. The summed E-state index contributed by atoms with van der Waals surface area (Å²) in [6.45, 7) is 4.47. The number of benzene rings is 2. The molecule has 2 aliphatic rings. The molecule has 0 spiro atoms. The van der Waals surface area contributed by atoms with E-state index in [1.165, 1.54) is 56.8 Å². The monoisotopic (exact) mass is 811 g/mol. The van der Waals surface area contributed by atoms with Crippen LogP contribution in [0.5, 0.6) is 0 Å². The number of likely N-dealkylation sites (tertiary alicyclic amines) is 1. The minimum Gasteiger partial charge on any atom is -0.444 e. The molecule has 11 nitrogen and oxygen atoms in total. The van der Waals surface area contributed by atoms with Crippen LogP contribution in [0.15, 0.2) is 65.7 Å². The van der Waals surface area contributed by atoms with E-state index in [1.807, 2.05) is 0 Å². The predicted octanol–water partition coefficient (Wildman–Crippen LogP) is 7.26. The van der Waals surface area contributed by atoms with Gasteiger partial charge in [0, 0.05) is 31.7 Å². The molecule has 6 rings (SSSR count). The molecule has 302 valence electrons. The van der Waals surface area contributed by atoms with E-state index in [0.29, 0.717) is 0 Å². The van der Waals surface area contributed by atoms with Gasteiger partial charge in [-0.05, 0) is 62.9 Å². The molecule has 0 saturated carbocycles. The lowest BCUT2D eigenvalue weighted by atomic mass is 9.89. The van der Waals surface area contributed by atoms with Crippen molar-refractivity contribution in [1.82, 2.24) is 23.9 Å². The van der Waals surface area contributed by atoms with Gasteiger partial charge < -0.3 is 19.5 Å². The van der Waals surface area contributed by atoms with Crippen molar-refractivity contribution in [2.75, 3.05) is 32.8 Å². The second-order valence-corrected chi connectivity index (χ2v) is 15.5. The molecule has 1 N–H and O–H groups in total. The van der Waals surface area contributed by atoms with Crippen LogP contribution in [0.4, 0.5) is 31.1 Å². The number of hydrogen-bond acceptors (Lipinski definition) is 7. The van der Waals surface area contributed by atoms with Crippen molar-refractivity contribution in [3.05, 3.63) is 93.1 Å². The summed E-state index contributed by atoms with van der Waals surface area (Å²) in [4.78, 5) is 46.4. The Morgan fingerprint density at radius 3 is 2.32 bits per heavy atom. The van der Waals surface area contributed by atoms with Gasteiger partial charge in [0.2, 0.25) is 5.91 Å². The lowest BCUT2D eigenvalue weighted by molar-refractivity contribution is -0.162. The largest absolute Gasteiger partial charge is 0.444 e. The highest BCUT2D eigenvalue weighted by molar-refractivity contribution is 6.31. The van der Waals surface area contributed by atoms with E-state index in [1.54, 1.807) is 26.8 Å². The van der Waals surface area contributed by atoms with E-state index in [0.717, 1.165) is 17.0 Å². The number of aromatic nitrogens is 3. The number of amides is 2. The Kier molecular flexibility index (Phi) is 11.3. The zero-order valence-corrected chi connectivity index (χ0v) is 31.4. The number of carbonyl (C=O) groups excluding carboxylic acids is 2. The zero-order chi connectivity index (χ0) is 40.8. The molecule has 0 bridgehead atoms. The van der Waals surface area contributed by atoms with Crippen molar-refractivity contribution in [2.45, 2.75) is 82.1 Å². The zero-order valence-electron chi connectivity index (χ0n) is 30.7. The average Bonchev–Trinajstić information content (AvgIpc) is 3.47. The molecule has 2 aromatic heterocycles. The number of aliphatic hydroxyl groups is 1. The van der Waals surface area contributed by atoms with Crippen molar-refractivity contribution in [3.8, 4) is 5.69 Å². The Labute approximate surface area is 322 Å². The number of piperidine rings is 1. The number of rotatable bonds is 7. The highest BCUT2D eigenvalue weighted by Gasteiger charge is 2.44. The fraction of sp³-hybridized carbons (Fsp3) is 0.474. The fourth-order valence-electron chi connectivity index (χ4n) is 7.12. The number of ether oxygens (including phenoxy) is 2. The first-order chi connectivity index (χ1) is 26.1. The van der Waals surface area contributed by atoms with Gasteiger partial charge in [0.05, 0.1) is 48.3 Å². The number of halogens is 7. The minimum atomic E-state index is -4.88. The second kappa shape index (κ2) is 15.4. The van der Waals surface area contributed by atoms with Gasteiger partial charge in [-0.3, -0.25) is 23.6 Å². The summed E-state index contributed by atoms with van der Waals surface area (Å²) < 4.78 is 98.9. The lowest BCUT2D eigenvalue weighted by Crippen LogP contribution is -2.50. The molecule has 0 unspecified atom stereocenters. The van der Waals surface area contributed by atoms with Crippen LogP contribution in [0.25, 0.3) is 16.7 Å². The summed E-state index contributed by atoms with van der Waals surface area (Å²) >= 11 is 6.52. The smallest absolute Gasteiger partial charge is 0.416 e. The molecule has 56 heavy (non-hydrogen) atoms. The summed E-state index contributed by atoms with van der Waals surface area (Å²) in [5, 5.41) is 11.2. The van der Waals surface area contributed by atoms with Crippen molar-refractivity contribution < 1.29 is 50.5 Å². The molecule has 18 heteroatoms. The van der Waals surface area contributed by atoms with Gasteiger partial charge in [-0.1, -0.05) is 48.0 Å². The second-order valence-electron chi connectivity index (χ2n) is 15.1. The third kappa shape index (κ3) is 8.84. The van der Waals surface area contributed by atoms with Crippen LogP contribution in [0.3, 0.4) is 0 Å². The maximum Gasteiger partial charge on any atom is 0.416 e. The van der Waals surface area contributed by atoms with Crippen molar-refractivity contribution >= 4 is 34.6 Å². The number of morpholine rings is 1. The third-order valence-electron chi connectivity index (χ3n) is 9.94. The van der Waals surface area contributed by atoms with Crippen LogP contribution in [0.2, 0.25) is 5.15 Å². The fourth-order valence-corrected chi connectivity index (χ4v) is 7.41. The molecule has 0 aliphatic carbocycles. The van der Waals surface area contributed by atoms with E-state index in [9.17, 15) is 45.8 Å². The van der Waals surface area contributed by atoms with Gasteiger partial charge in [0.15, 0.2) is 5.65 Å². The van der Waals surface area contributed by atoms with E-state index in [-0.39, 0.29) is 85.2 Å². The number of hydrogen-bond donors (Lipinski definition) is 1. The number of alkyl halides is 6. The summed E-state index contributed by atoms with van der Waals surface area (Å²) in [6, 6.07) is 10.7. The maximum atomic E-state index is 14.7. The summed E-state index contributed by atoms with van der Waals surface area (Å²) in [5.41, 5.74) is -4.52. The Hall–Kier alpha value is -4.61. The number of nitrogens with zero attached hydrogens (tertiary/aromatic N) is 5. The van der Waals surface area contributed by atoms with Crippen molar-refractivity contribution in [1.29, 1.82) is 0 Å². The summed E-state index contributed by atoms with van der Waals surface area (Å²) in [6.07, 6.45) is -10.1. The third-order valence-corrected chi connectivity index (χ3v) is 10.2. The molecule has 2 aliphatic heterocycles. The van der Waals surface area contributed by atoms with E-state index >= 15 is 0 Å². The molecule has 4 heterocycles. The van der Waals surface area contributed by atoms with Gasteiger partial charge in [-0.15, -0.1) is 0 Å².